The summed E-state index contributed by atoms with van der Waals surface area (Å²) >= 11 is 0. The van der Waals surface area contributed by atoms with E-state index in [4.69, 9.17) is 10.2 Å². The third kappa shape index (κ3) is 4.56. The fourth-order valence-corrected chi connectivity index (χ4v) is 1.28. The summed E-state index contributed by atoms with van der Waals surface area (Å²) in [6.07, 6.45) is 2.01. The van der Waals surface area contributed by atoms with Gasteiger partial charge in [-0.2, -0.15) is 0 Å². The van der Waals surface area contributed by atoms with Gasteiger partial charge in [0, 0.05) is 17.9 Å². The SMILES string of the molecule is CC(N)CC(=O)NCc1ncc(C(C)(C)C)o1. The Kier molecular flexibility index (Phi) is 4.28. The van der Waals surface area contributed by atoms with Gasteiger partial charge >= 0.3 is 0 Å². The van der Waals surface area contributed by atoms with E-state index in [1.54, 1.807) is 13.1 Å². The van der Waals surface area contributed by atoms with Crippen LogP contribution in [0.3, 0.4) is 0 Å². The number of carbonyl (C=O) groups is 1. The minimum absolute atomic E-state index is 0.0684. The molecule has 1 unspecified atom stereocenters. The molecule has 0 spiro atoms. The van der Waals surface area contributed by atoms with Crippen LogP contribution in [0.5, 0.6) is 0 Å². The molecule has 3 N–H and O–H groups in total. The van der Waals surface area contributed by atoms with Crippen LogP contribution in [0.15, 0.2) is 10.6 Å². The minimum Gasteiger partial charge on any atom is -0.443 e. The average Bonchev–Trinajstić information content (AvgIpc) is 2.61. The van der Waals surface area contributed by atoms with E-state index in [1.165, 1.54) is 0 Å². The minimum atomic E-state index is -0.135. The van der Waals surface area contributed by atoms with E-state index in [-0.39, 0.29) is 17.4 Å². The van der Waals surface area contributed by atoms with Crippen molar-refractivity contribution >= 4 is 5.91 Å². The summed E-state index contributed by atoms with van der Waals surface area (Å²) in [4.78, 5) is 15.5. The zero-order valence-electron chi connectivity index (χ0n) is 10.9. The quantitative estimate of drug-likeness (QED) is 0.830. The van der Waals surface area contributed by atoms with Crippen LogP contribution in [0, 0.1) is 0 Å². The van der Waals surface area contributed by atoms with Gasteiger partial charge in [0.1, 0.15) is 5.76 Å². The summed E-state index contributed by atoms with van der Waals surface area (Å²) in [5.74, 6) is 1.25. The number of rotatable bonds is 4. The predicted molar refractivity (Wildman–Crippen MR) is 65.3 cm³/mol. The molecule has 0 radical (unpaired) electrons. The number of nitrogens with zero attached hydrogens (tertiary/aromatic N) is 1. The summed E-state index contributed by atoms with van der Waals surface area (Å²) in [5.41, 5.74) is 5.46. The van der Waals surface area contributed by atoms with Crippen molar-refractivity contribution in [3.63, 3.8) is 0 Å². The van der Waals surface area contributed by atoms with E-state index in [0.717, 1.165) is 5.76 Å². The Labute approximate surface area is 102 Å². The molecule has 1 atom stereocenters. The monoisotopic (exact) mass is 239 g/mol. The van der Waals surface area contributed by atoms with E-state index >= 15 is 0 Å². The van der Waals surface area contributed by atoms with Gasteiger partial charge in [0.05, 0.1) is 12.7 Å². The van der Waals surface area contributed by atoms with Crippen molar-refractivity contribution in [1.29, 1.82) is 0 Å². The molecule has 0 bridgehead atoms. The molecule has 0 aliphatic heterocycles. The van der Waals surface area contributed by atoms with Gasteiger partial charge in [0.2, 0.25) is 11.8 Å². The first kappa shape index (κ1) is 13.7. The highest BCUT2D eigenvalue weighted by Crippen LogP contribution is 2.22. The van der Waals surface area contributed by atoms with Gasteiger partial charge in [0.15, 0.2) is 0 Å². The Hall–Kier alpha value is -1.36. The van der Waals surface area contributed by atoms with Crippen molar-refractivity contribution < 1.29 is 9.21 Å². The third-order valence-electron chi connectivity index (χ3n) is 2.24. The van der Waals surface area contributed by atoms with Gasteiger partial charge in [-0.25, -0.2) is 4.98 Å². The Morgan fingerprint density at radius 1 is 1.59 bits per heavy atom. The largest absolute Gasteiger partial charge is 0.443 e. The summed E-state index contributed by atoms with van der Waals surface area (Å²) in [6, 6.07) is -0.135. The Bertz CT molecular complexity index is 377. The second kappa shape index (κ2) is 5.31. The molecule has 0 aliphatic rings. The van der Waals surface area contributed by atoms with Crippen molar-refractivity contribution in [2.45, 2.75) is 52.1 Å². The fraction of sp³-hybridized carbons (Fsp3) is 0.667. The molecule has 0 fully saturated rings. The first-order valence-electron chi connectivity index (χ1n) is 5.76. The van der Waals surface area contributed by atoms with Gasteiger partial charge in [0.25, 0.3) is 0 Å². The van der Waals surface area contributed by atoms with Crippen molar-refractivity contribution in [3.05, 3.63) is 17.8 Å². The molecule has 17 heavy (non-hydrogen) atoms. The fourth-order valence-electron chi connectivity index (χ4n) is 1.28. The summed E-state index contributed by atoms with van der Waals surface area (Å²) in [6.45, 7) is 8.24. The van der Waals surface area contributed by atoms with Gasteiger partial charge in [-0.3, -0.25) is 4.79 Å². The second-order valence-electron chi connectivity index (χ2n) is 5.33. The molecule has 1 amide bonds. The molecule has 96 valence electrons. The third-order valence-corrected chi connectivity index (χ3v) is 2.24. The molecule has 0 aromatic carbocycles. The highest BCUT2D eigenvalue weighted by Gasteiger charge is 2.19. The molecule has 1 heterocycles. The Balaban J connectivity index is 2.48. The lowest BCUT2D eigenvalue weighted by molar-refractivity contribution is -0.121. The van der Waals surface area contributed by atoms with Crippen LogP contribution in [-0.2, 0) is 16.8 Å². The lowest BCUT2D eigenvalue weighted by Gasteiger charge is -2.13. The summed E-state index contributed by atoms with van der Waals surface area (Å²) < 4.78 is 5.55. The zero-order chi connectivity index (χ0) is 13.1. The van der Waals surface area contributed by atoms with Gasteiger partial charge < -0.3 is 15.5 Å². The normalized spacial score (nSPS) is 13.5. The average molecular weight is 239 g/mol. The number of hydrogen-bond acceptors (Lipinski definition) is 4. The highest BCUT2D eigenvalue weighted by molar-refractivity contribution is 5.76. The molecule has 0 aliphatic carbocycles. The number of hydrogen-bond donors (Lipinski definition) is 2. The van der Waals surface area contributed by atoms with Crippen molar-refractivity contribution in [2.75, 3.05) is 0 Å². The van der Waals surface area contributed by atoms with Gasteiger partial charge in [-0.05, 0) is 6.92 Å². The van der Waals surface area contributed by atoms with Crippen LogP contribution in [-0.4, -0.2) is 16.9 Å². The number of nitrogens with one attached hydrogen (secondary N) is 1. The van der Waals surface area contributed by atoms with Crippen LogP contribution in [0.4, 0.5) is 0 Å². The Morgan fingerprint density at radius 2 is 2.24 bits per heavy atom. The maximum Gasteiger partial charge on any atom is 0.221 e. The molecule has 1 aromatic heterocycles. The predicted octanol–water partition coefficient (Wildman–Crippen LogP) is 1.33. The lowest BCUT2D eigenvalue weighted by atomic mass is 9.94. The number of amides is 1. The molecule has 0 saturated heterocycles. The second-order valence-corrected chi connectivity index (χ2v) is 5.33. The zero-order valence-corrected chi connectivity index (χ0v) is 10.9. The maximum atomic E-state index is 11.4. The van der Waals surface area contributed by atoms with Crippen molar-refractivity contribution in [2.24, 2.45) is 5.73 Å². The number of nitrogens with two attached hydrogens (primary N) is 1. The first-order chi connectivity index (χ1) is 7.79. The highest BCUT2D eigenvalue weighted by atomic mass is 16.4. The molecule has 5 nitrogen and oxygen atoms in total. The van der Waals surface area contributed by atoms with Crippen molar-refractivity contribution in [3.8, 4) is 0 Å². The van der Waals surface area contributed by atoms with Crippen LogP contribution < -0.4 is 11.1 Å². The smallest absolute Gasteiger partial charge is 0.221 e. The van der Waals surface area contributed by atoms with E-state index < -0.39 is 0 Å². The van der Waals surface area contributed by atoms with E-state index in [2.05, 4.69) is 10.3 Å². The molecular weight excluding hydrogens is 218 g/mol. The molecule has 1 rings (SSSR count). The summed E-state index contributed by atoms with van der Waals surface area (Å²) in [5, 5.41) is 2.72. The van der Waals surface area contributed by atoms with Crippen molar-refractivity contribution in [1.82, 2.24) is 10.3 Å². The van der Waals surface area contributed by atoms with Gasteiger partial charge in [-0.1, -0.05) is 20.8 Å². The Morgan fingerprint density at radius 3 is 2.71 bits per heavy atom. The van der Waals surface area contributed by atoms with Crippen LogP contribution in [0.1, 0.15) is 45.8 Å². The molecule has 0 saturated carbocycles. The summed E-state index contributed by atoms with van der Waals surface area (Å²) in [7, 11) is 0. The van der Waals surface area contributed by atoms with Crippen LogP contribution >= 0.6 is 0 Å². The molecular formula is C12H21N3O2. The van der Waals surface area contributed by atoms with Crippen LogP contribution in [0.25, 0.3) is 0 Å². The standard InChI is InChI=1S/C12H21N3O2/c1-8(13)5-10(16)14-7-11-15-6-9(17-11)12(2,3)4/h6,8H,5,7,13H2,1-4H3,(H,14,16). The first-order valence-corrected chi connectivity index (χ1v) is 5.76. The number of oxazole rings is 1. The topological polar surface area (TPSA) is 81.2 Å². The van der Waals surface area contributed by atoms with E-state index in [0.29, 0.717) is 18.9 Å². The number of aromatic nitrogens is 1. The molecule has 5 heteroatoms. The van der Waals surface area contributed by atoms with Gasteiger partial charge in [-0.15, -0.1) is 0 Å². The van der Waals surface area contributed by atoms with Crippen LogP contribution in [0.2, 0.25) is 0 Å². The van der Waals surface area contributed by atoms with E-state index in [9.17, 15) is 4.79 Å². The lowest BCUT2D eigenvalue weighted by Crippen LogP contribution is -2.29. The van der Waals surface area contributed by atoms with E-state index in [1.807, 2.05) is 20.8 Å². The number of carbonyl (C=O) groups excluding carboxylic acids is 1. The maximum absolute atomic E-state index is 11.4. The molecule has 1 aromatic rings.